The molecule has 0 fully saturated rings. The van der Waals surface area contributed by atoms with Gasteiger partial charge in [0.15, 0.2) is 0 Å². The van der Waals surface area contributed by atoms with Crippen molar-refractivity contribution in [3.05, 3.63) is 0 Å². The zero-order valence-electron chi connectivity index (χ0n) is 6.88. The number of alkyl halides is 1. The maximum atomic E-state index is 12.1. The standard InChI is InChI=1S/C7H14FNO2/c1-3-9(4-2)6(5-8)7(10)11/h6H,3-5H2,1-2H3,(H,10,11). The lowest BCUT2D eigenvalue weighted by atomic mass is 10.3. The minimum atomic E-state index is -1.09. The first kappa shape index (κ1) is 10.4. The van der Waals surface area contributed by atoms with Gasteiger partial charge in [-0.1, -0.05) is 13.8 Å². The van der Waals surface area contributed by atoms with Gasteiger partial charge in [-0.05, 0) is 13.1 Å². The molecule has 0 amide bonds. The van der Waals surface area contributed by atoms with Crippen LogP contribution in [0.5, 0.6) is 0 Å². The summed E-state index contributed by atoms with van der Waals surface area (Å²) >= 11 is 0. The molecule has 0 spiro atoms. The molecule has 66 valence electrons. The summed E-state index contributed by atoms with van der Waals surface area (Å²) < 4.78 is 12.1. The number of halogens is 1. The fraction of sp³-hybridized carbons (Fsp3) is 0.857. The Morgan fingerprint density at radius 2 is 2.00 bits per heavy atom. The highest BCUT2D eigenvalue weighted by atomic mass is 19.1. The Labute approximate surface area is 65.8 Å². The van der Waals surface area contributed by atoms with Crippen LogP contribution in [-0.4, -0.2) is 41.8 Å². The van der Waals surface area contributed by atoms with Crippen molar-refractivity contribution in [2.45, 2.75) is 19.9 Å². The van der Waals surface area contributed by atoms with Gasteiger partial charge in [0.2, 0.25) is 0 Å². The molecule has 1 N–H and O–H groups in total. The second-order valence-corrected chi connectivity index (χ2v) is 2.23. The SMILES string of the molecule is CCN(CC)C(CF)C(=O)O. The first-order chi connectivity index (χ1) is 5.17. The molecule has 0 heterocycles. The Balaban J connectivity index is 4.09. The number of rotatable bonds is 5. The number of carboxylic acids is 1. The fourth-order valence-electron chi connectivity index (χ4n) is 0.984. The van der Waals surface area contributed by atoms with Crippen molar-refractivity contribution >= 4 is 5.97 Å². The quantitative estimate of drug-likeness (QED) is 0.650. The van der Waals surface area contributed by atoms with Crippen LogP contribution in [0.2, 0.25) is 0 Å². The molecule has 0 rings (SSSR count). The predicted molar refractivity (Wildman–Crippen MR) is 40.3 cm³/mol. The number of carbonyl (C=O) groups is 1. The van der Waals surface area contributed by atoms with E-state index in [-0.39, 0.29) is 0 Å². The van der Waals surface area contributed by atoms with E-state index in [1.807, 2.05) is 13.8 Å². The maximum absolute atomic E-state index is 12.1. The molecule has 1 unspecified atom stereocenters. The summed E-state index contributed by atoms with van der Waals surface area (Å²) in [6, 6.07) is -0.968. The highest BCUT2D eigenvalue weighted by molar-refractivity contribution is 5.73. The van der Waals surface area contributed by atoms with Crippen LogP contribution >= 0.6 is 0 Å². The summed E-state index contributed by atoms with van der Waals surface area (Å²) in [5.41, 5.74) is 0. The van der Waals surface area contributed by atoms with Crippen LogP contribution in [0.1, 0.15) is 13.8 Å². The molecule has 0 saturated carbocycles. The van der Waals surface area contributed by atoms with Gasteiger partial charge in [-0.2, -0.15) is 0 Å². The van der Waals surface area contributed by atoms with E-state index in [1.54, 1.807) is 4.90 Å². The van der Waals surface area contributed by atoms with Crippen LogP contribution < -0.4 is 0 Å². The molecule has 0 aromatic rings. The summed E-state index contributed by atoms with van der Waals surface area (Å²) in [5, 5.41) is 8.52. The lowest BCUT2D eigenvalue weighted by Crippen LogP contribution is -2.42. The minimum Gasteiger partial charge on any atom is -0.480 e. The smallest absolute Gasteiger partial charge is 0.323 e. The van der Waals surface area contributed by atoms with Crippen molar-refractivity contribution < 1.29 is 14.3 Å². The summed E-state index contributed by atoms with van der Waals surface area (Å²) in [7, 11) is 0. The van der Waals surface area contributed by atoms with Gasteiger partial charge in [-0.15, -0.1) is 0 Å². The third-order valence-electron chi connectivity index (χ3n) is 1.68. The van der Waals surface area contributed by atoms with Gasteiger partial charge in [-0.25, -0.2) is 4.39 Å². The highest BCUT2D eigenvalue weighted by Gasteiger charge is 2.22. The largest absolute Gasteiger partial charge is 0.480 e. The van der Waals surface area contributed by atoms with E-state index in [9.17, 15) is 9.18 Å². The zero-order valence-corrected chi connectivity index (χ0v) is 6.88. The Bertz CT molecular complexity index is 126. The van der Waals surface area contributed by atoms with Crippen LogP contribution in [-0.2, 0) is 4.79 Å². The minimum absolute atomic E-state index is 0.567. The summed E-state index contributed by atoms with van der Waals surface area (Å²) in [4.78, 5) is 12.0. The second kappa shape index (κ2) is 5.07. The van der Waals surface area contributed by atoms with Gasteiger partial charge < -0.3 is 5.11 Å². The van der Waals surface area contributed by atoms with Crippen LogP contribution in [0.15, 0.2) is 0 Å². The molecule has 0 bridgehead atoms. The molecule has 0 saturated heterocycles. The molecule has 3 nitrogen and oxygen atoms in total. The molecule has 0 aliphatic heterocycles. The topological polar surface area (TPSA) is 40.5 Å². The van der Waals surface area contributed by atoms with Crippen molar-refractivity contribution in [3.63, 3.8) is 0 Å². The average Bonchev–Trinajstić information content (AvgIpc) is 1.99. The van der Waals surface area contributed by atoms with Crippen LogP contribution in [0.3, 0.4) is 0 Å². The molecule has 0 aliphatic rings. The zero-order chi connectivity index (χ0) is 8.85. The molecular weight excluding hydrogens is 149 g/mol. The van der Waals surface area contributed by atoms with Gasteiger partial charge in [0.25, 0.3) is 0 Å². The van der Waals surface area contributed by atoms with E-state index in [4.69, 9.17) is 5.11 Å². The third-order valence-corrected chi connectivity index (χ3v) is 1.68. The van der Waals surface area contributed by atoms with Crippen molar-refractivity contribution in [1.29, 1.82) is 0 Å². The van der Waals surface area contributed by atoms with E-state index >= 15 is 0 Å². The Morgan fingerprint density at radius 1 is 1.55 bits per heavy atom. The summed E-state index contributed by atoms with van der Waals surface area (Å²) in [6.07, 6.45) is 0. The lowest BCUT2D eigenvalue weighted by molar-refractivity contribution is -0.143. The third kappa shape index (κ3) is 2.84. The Kier molecular flexibility index (Phi) is 4.77. The fourth-order valence-corrected chi connectivity index (χ4v) is 0.984. The number of nitrogens with zero attached hydrogens (tertiary/aromatic N) is 1. The number of likely N-dealkylation sites (N-methyl/N-ethyl adjacent to an activating group) is 1. The normalized spacial score (nSPS) is 13.5. The molecule has 0 radical (unpaired) electrons. The molecule has 0 aliphatic carbocycles. The average molecular weight is 163 g/mol. The van der Waals surface area contributed by atoms with E-state index < -0.39 is 18.7 Å². The highest BCUT2D eigenvalue weighted by Crippen LogP contribution is 1.99. The van der Waals surface area contributed by atoms with E-state index in [1.165, 1.54) is 0 Å². The molecule has 0 aromatic carbocycles. The molecule has 11 heavy (non-hydrogen) atoms. The number of aliphatic carboxylic acids is 1. The maximum Gasteiger partial charge on any atom is 0.323 e. The van der Waals surface area contributed by atoms with Gasteiger partial charge >= 0.3 is 5.97 Å². The van der Waals surface area contributed by atoms with Gasteiger partial charge in [0.1, 0.15) is 12.7 Å². The van der Waals surface area contributed by atoms with Crippen LogP contribution in [0, 0.1) is 0 Å². The number of hydrogen-bond acceptors (Lipinski definition) is 2. The van der Waals surface area contributed by atoms with Crippen molar-refractivity contribution in [2.24, 2.45) is 0 Å². The van der Waals surface area contributed by atoms with Gasteiger partial charge in [0.05, 0.1) is 0 Å². The first-order valence-electron chi connectivity index (χ1n) is 3.70. The number of carboxylic acid groups (broad SMARTS) is 1. The van der Waals surface area contributed by atoms with Crippen molar-refractivity contribution in [1.82, 2.24) is 4.90 Å². The monoisotopic (exact) mass is 163 g/mol. The summed E-state index contributed by atoms with van der Waals surface area (Å²) in [6.45, 7) is 3.94. The van der Waals surface area contributed by atoms with Crippen LogP contribution in [0.25, 0.3) is 0 Å². The molecule has 1 atom stereocenters. The van der Waals surface area contributed by atoms with E-state index in [2.05, 4.69) is 0 Å². The first-order valence-corrected chi connectivity index (χ1v) is 3.70. The van der Waals surface area contributed by atoms with E-state index in [0.717, 1.165) is 0 Å². The Morgan fingerprint density at radius 3 is 2.09 bits per heavy atom. The number of hydrogen-bond donors (Lipinski definition) is 1. The van der Waals surface area contributed by atoms with Gasteiger partial charge in [0, 0.05) is 0 Å². The summed E-state index contributed by atoms with van der Waals surface area (Å²) in [5.74, 6) is -1.09. The van der Waals surface area contributed by atoms with Crippen LogP contribution in [0.4, 0.5) is 4.39 Å². The van der Waals surface area contributed by atoms with Crippen molar-refractivity contribution in [3.8, 4) is 0 Å². The van der Waals surface area contributed by atoms with Gasteiger partial charge in [-0.3, -0.25) is 9.69 Å². The lowest BCUT2D eigenvalue weighted by Gasteiger charge is -2.23. The molecule has 4 heteroatoms. The van der Waals surface area contributed by atoms with Crippen molar-refractivity contribution in [2.75, 3.05) is 19.8 Å². The molecular formula is C7H14FNO2. The predicted octanol–water partition coefficient (Wildman–Crippen LogP) is 0.751. The van der Waals surface area contributed by atoms with E-state index in [0.29, 0.717) is 13.1 Å². The molecule has 0 aromatic heterocycles. The Hall–Kier alpha value is -0.640. The second-order valence-electron chi connectivity index (χ2n) is 2.23.